The zero-order valence-corrected chi connectivity index (χ0v) is 13.7. The van der Waals surface area contributed by atoms with Crippen molar-refractivity contribution in [3.05, 3.63) is 24.2 Å². The van der Waals surface area contributed by atoms with Gasteiger partial charge in [0.15, 0.2) is 0 Å². The maximum atomic E-state index is 12.2. The summed E-state index contributed by atoms with van der Waals surface area (Å²) in [5.74, 6) is 0.765. The fourth-order valence-electron chi connectivity index (χ4n) is 2.58. The van der Waals surface area contributed by atoms with Gasteiger partial charge in [0, 0.05) is 6.54 Å². The van der Waals surface area contributed by atoms with Crippen LogP contribution < -0.4 is 11.1 Å². The Morgan fingerprint density at radius 1 is 1.43 bits per heavy atom. The van der Waals surface area contributed by atoms with Crippen LogP contribution in [0.2, 0.25) is 0 Å². The second-order valence-corrected chi connectivity index (χ2v) is 5.63. The van der Waals surface area contributed by atoms with Gasteiger partial charge in [0.05, 0.1) is 17.8 Å². The molecule has 1 amide bonds. The minimum atomic E-state index is -0.814. The van der Waals surface area contributed by atoms with Crippen molar-refractivity contribution in [3.8, 4) is 0 Å². The van der Waals surface area contributed by atoms with Crippen molar-refractivity contribution in [2.24, 2.45) is 5.73 Å². The highest BCUT2D eigenvalue weighted by molar-refractivity contribution is 5.85. The molecular formula is C16H29N3O2. The van der Waals surface area contributed by atoms with Crippen molar-refractivity contribution in [2.75, 3.05) is 19.6 Å². The first kappa shape index (κ1) is 17.7. The van der Waals surface area contributed by atoms with Crippen LogP contribution in [0.15, 0.2) is 22.8 Å². The van der Waals surface area contributed by atoms with Crippen LogP contribution in [0.5, 0.6) is 0 Å². The average Bonchev–Trinajstić information content (AvgIpc) is 2.96. The van der Waals surface area contributed by atoms with Crippen molar-refractivity contribution in [1.82, 2.24) is 10.2 Å². The molecule has 2 atom stereocenters. The first-order chi connectivity index (χ1) is 9.96. The Morgan fingerprint density at radius 2 is 2.10 bits per heavy atom. The first-order valence-electron chi connectivity index (χ1n) is 7.80. The number of hydrogen-bond donors (Lipinski definition) is 2. The number of nitrogens with two attached hydrogens (primary N) is 1. The van der Waals surface area contributed by atoms with E-state index >= 15 is 0 Å². The van der Waals surface area contributed by atoms with E-state index in [-0.39, 0.29) is 11.9 Å². The van der Waals surface area contributed by atoms with E-state index in [2.05, 4.69) is 24.1 Å². The fraction of sp³-hybridized carbons (Fsp3) is 0.688. The van der Waals surface area contributed by atoms with Crippen LogP contribution >= 0.6 is 0 Å². The molecule has 2 unspecified atom stereocenters. The summed E-state index contributed by atoms with van der Waals surface area (Å²) in [6, 6.07) is 3.86. The Hall–Kier alpha value is -1.33. The molecule has 3 N–H and O–H groups in total. The maximum Gasteiger partial charge on any atom is 0.239 e. The summed E-state index contributed by atoms with van der Waals surface area (Å²) in [5.41, 5.74) is 5.25. The quantitative estimate of drug-likeness (QED) is 0.733. The van der Waals surface area contributed by atoms with Gasteiger partial charge in [-0.1, -0.05) is 27.2 Å². The van der Waals surface area contributed by atoms with Crippen LogP contribution in [0.25, 0.3) is 0 Å². The van der Waals surface area contributed by atoms with Crippen LogP contribution in [0.3, 0.4) is 0 Å². The third kappa shape index (κ3) is 4.86. The molecule has 1 heterocycles. The number of rotatable bonds is 9. The number of amides is 1. The Balaban J connectivity index is 2.72. The number of hydrogen-bond acceptors (Lipinski definition) is 4. The Kier molecular flexibility index (Phi) is 6.92. The normalized spacial score (nSPS) is 15.7. The van der Waals surface area contributed by atoms with Crippen molar-refractivity contribution >= 4 is 5.91 Å². The van der Waals surface area contributed by atoms with Gasteiger partial charge >= 0.3 is 0 Å². The predicted octanol–water partition coefficient (Wildman–Crippen LogP) is 2.30. The highest BCUT2D eigenvalue weighted by atomic mass is 16.3. The minimum Gasteiger partial charge on any atom is -0.468 e. The monoisotopic (exact) mass is 295 g/mol. The smallest absolute Gasteiger partial charge is 0.239 e. The molecule has 1 rings (SSSR count). The number of likely N-dealkylation sites (N-methyl/N-ethyl adjacent to an activating group) is 1. The molecule has 0 aliphatic carbocycles. The SMILES string of the molecule is CCCC(C)(N)C(=O)NCC(c1ccco1)N(CC)CC. The molecule has 120 valence electrons. The summed E-state index contributed by atoms with van der Waals surface area (Å²) in [6.45, 7) is 10.3. The van der Waals surface area contributed by atoms with Gasteiger partial charge in [0.1, 0.15) is 5.76 Å². The van der Waals surface area contributed by atoms with Gasteiger partial charge in [0.25, 0.3) is 0 Å². The van der Waals surface area contributed by atoms with E-state index in [0.29, 0.717) is 13.0 Å². The molecule has 0 radical (unpaired) electrons. The molecule has 5 nitrogen and oxygen atoms in total. The lowest BCUT2D eigenvalue weighted by Gasteiger charge is -2.30. The highest BCUT2D eigenvalue weighted by Gasteiger charge is 2.29. The molecule has 0 aliphatic heterocycles. The van der Waals surface area contributed by atoms with Crippen molar-refractivity contribution in [3.63, 3.8) is 0 Å². The lowest BCUT2D eigenvalue weighted by Crippen LogP contribution is -2.53. The molecule has 0 saturated heterocycles. The second-order valence-electron chi connectivity index (χ2n) is 5.63. The van der Waals surface area contributed by atoms with E-state index in [4.69, 9.17) is 10.2 Å². The van der Waals surface area contributed by atoms with Crippen LogP contribution in [0.1, 0.15) is 52.3 Å². The molecule has 0 aromatic carbocycles. The van der Waals surface area contributed by atoms with Crippen LogP contribution in [-0.2, 0) is 4.79 Å². The number of furan rings is 1. The molecule has 5 heteroatoms. The molecule has 1 aromatic heterocycles. The molecule has 0 bridgehead atoms. The van der Waals surface area contributed by atoms with Crippen molar-refractivity contribution < 1.29 is 9.21 Å². The topological polar surface area (TPSA) is 71.5 Å². The third-order valence-corrected chi connectivity index (χ3v) is 3.87. The molecule has 21 heavy (non-hydrogen) atoms. The zero-order chi connectivity index (χ0) is 15.9. The fourth-order valence-corrected chi connectivity index (χ4v) is 2.58. The summed E-state index contributed by atoms with van der Waals surface area (Å²) in [5, 5.41) is 2.98. The standard InChI is InChI=1S/C16H29N3O2/c1-5-10-16(4,17)15(20)18-12-13(19(6-2)7-3)14-9-8-11-21-14/h8-9,11,13H,5-7,10,12,17H2,1-4H3,(H,18,20). The Bertz CT molecular complexity index is 411. The zero-order valence-electron chi connectivity index (χ0n) is 13.7. The summed E-state index contributed by atoms with van der Waals surface area (Å²) >= 11 is 0. The Labute approximate surface area is 127 Å². The van der Waals surface area contributed by atoms with Crippen LogP contribution in [-0.4, -0.2) is 36.0 Å². The summed E-state index contributed by atoms with van der Waals surface area (Å²) in [6.07, 6.45) is 3.23. The van der Waals surface area contributed by atoms with E-state index in [1.807, 2.05) is 19.1 Å². The predicted molar refractivity (Wildman–Crippen MR) is 84.9 cm³/mol. The third-order valence-electron chi connectivity index (χ3n) is 3.87. The summed E-state index contributed by atoms with van der Waals surface area (Å²) in [4.78, 5) is 14.5. The van der Waals surface area contributed by atoms with Gasteiger partial charge in [-0.15, -0.1) is 0 Å². The number of carbonyl (C=O) groups excluding carboxylic acids is 1. The van der Waals surface area contributed by atoms with E-state index in [9.17, 15) is 4.79 Å². The van der Waals surface area contributed by atoms with Gasteiger partial charge in [-0.2, -0.15) is 0 Å². The highest BCUT2D eigenvalue weighted by Crippen LogP contribution is 2.20. The summed E-state index contributed by atoms with van der Waals surface area (Å²) < 4.78 is 5.52. The first-order valence-corrected chi connectivity index (χ1v) is 7.80. The minimum absolute atomic E-state index is 0.0383. The number of carbonyl (C=O) groups is 1. The van der Waals surface area contributed by atoms with Crippen LogP contribution in [0, 0.1) is 0 Å². The van der Waals surface area contributed by atoms with Gasteiger partial charge in [-0.25, -0.2) is 0 Å². The molecule has 1 aromatic rings. The lowest BCUT2D eigenvalue weighted by atomic mass is 9.96. The van der Waals surface area contributed by atoms with E-state index in [1.54, 1.807) is 13.2 Å². The van der Waals surface area contributed by atoms with E-state index in [0.717, 1.165) is 25.3 Å². The maximum absolute atomic E-state index is 12.2. The van der Waals surface area contributed by atoms with Gasteiger partial charge in [-0.05, 0) is 38.6 Å². The van der Waals surface area contributed by atoms with Gasteiger partial charge in [0.2, 0.25) is 5.91 Å². The second kappa shape index (κ2) is 8.20. The molecule has 0 spiro atoms. The van der Waals surface area contributed by atoms with Gasteiger partial charge in [-0.3, -0.25) is 9.69 Å². The van der Waals surface area contributed by atoms with Crippen LogP contribution in [0.4, 0.5) is 0 Å². The number of nitrogens with zero attached hydrogens (tertiary/aromatic N) is 1. The lowest BCUT2D eigenvalue weighted by molar-refractivity contribution is -0.126. The summed E-state index contributed by atoms with van der Waals surface area (Å²) in [7, 11) is 0. The number of nitrogens with one attached hydrogen (secondary N) is 1. The molecule has 0 fully saturated rings. The van der Waals surface area contributed by atoms with E-state index < -0.39 is 5.54 Å². The van der Waals surface area contributed by atoms with E-state index in [1.165, 1.54) is 0 Å². The van der Waals surface area contributed by atoms with Crippen molar-refractivity contribution in [2.45, 2.75) is 52.1 Å². The van der Waals surface area contributed by atoms with Gasteiger partial charge < -0.3 is 15.5 Å². The molecular weight excluding hydrogens is 266 g/mol. The average molecular weight is 295 g/mol. The largest absolute Gasteiger partial charge is 0.468 e. The molecule has 0 aliphatic rings. The van der Waals surface area contributed by atoms with Crippen molar-refractivity contribution in [1.29, 1.82) is 0 Å². The Morgan fingerprint density at radius 3 is 2.57 bits per heavy atom. The molecule has 0 saturated carbocycles.